The van der Waals surface area contributed by atoms with Crippen LogP contribution >= 0.6 is 0 Å². The Balaban J connectivity index is 1.89. The number of hydrogen-bond acceptors (Lipinski definition) is 5. The van der Waals surface area contributed by atoms with E-state index in [2.05, 4.69) is 0 Å². The van der Waals surface area contributed by atoms with Gasteiger partial charge in [0.2, 0.25) is 0 Å². The Morgan fingerprint density at radius 2 is 2.06 bits per heavy atom. The van der Waals surface area contributed by atoms with Gasteiger partial charge in [-0.15, -0.1) is 0 Å². The monoisotopic (exact) mass is 250 g/mol. The van der Waals surface area contributed by atoms with Crippen molar-refractivity contribution in [2.24, 2.45) is 0 Å². The fourth-order valence-corrected chi connectivity index (χ4v) is 2.25. The Morgan fingerprint density at radius 1 is 1.38 bits per heavy atom. The average Bonchev–Trinajstić information content (AvgIpc) is 3.09. The van der Waals surface area contributed by atoms with Crippen LogP contribution in [0.25, 0.3) is 0 Å². The first-order chi connectivity index (χ1) is 7.76. The van der Waals surface area contributed by atoms with Crippen molar-refractivity contribution in [1.82, 2.24) is 0 Å². The summed E-state index contributed by atoms with van der Waals surface area (Å²) in [7, 11) is 1.36. The van der Waals surface area contributed by atoms with E-state index < -0.39 is 9.53 Å². The quantitative estimate of drug-likeness (QED) is 0.323. The lowest BCUT2D eigenvalue weighted by molar-refractivity contribution is 0.0741. The van der Waals surface area contributed by atoms with Crippen LogP contribution in [0.4, 0.5) is 0 Å². The predicted octanol–water partition coefficient (Wildman–Crippen LogP) is 0.597. The summed E-state index contributed by atoms with van der Waals surface area (Å²) < 4.78 is 26.2. The molecule has 0 aliphatic carbocycles. The second-order valence-corrected chi connectivity index (χ2v) is 5.67. The van der Waals surface area contributed by atoms with Gasteiger partial charge in [-0.25, -0.2) is 0 Å². The van der Waals surface area contributed by atoms with Crippen molar-refractivity contribution < 1.29 is 22.8 Å². The lowest BCUT2D eigenvalue weighted by Crippen LogP contribution is -2.28. The van der Waals surface area contributed by atoms with E-state index in [0.29, 0.717) is 6.10 Å². The van der Waals surface area contributed by atoms with E-state index in [4.69, 9.17) is 22.8 Å². The molecule has 0 aromatic carbocycles. The first-order valence-corrected chi connectivity index (χ1v) is 7.08. The molecule has 0 radical (unpaired) electrons. The molecule has 16 heavy (non-hydrogen) atoms. The highest BCUT2D eigenvalue weighted by Gasteiger charge is 2.22. The minimum atomic E-state index is -1.88. The van der Waals surface area contributed by atoms with Gasteiger partial charge < -0.3 is 22.8 Å². The Bertz CT molecular complexity index is 173. The van der Waals surface area contributed by atoms with Crippen LogP contribution in [0.5, 0.6) is 0 Å². The van der Waals surface area contributed by atoms with E-state index in [1.165, 1.54) is 0 Å². The lowest BCUT2D eigenvalue weighted by atomic mass is 10.2. The van der Waals surface area contributed by atoms with Crippen molar-refractivity contribution in [3.63, 3.8) is 0 Å². The first kappa shape index (κ1) is 14.1. The molecular formula is C10H22O5Si. The summed E-state index contributed by atoms with van der Waals surface area (Å²) in [6.07, 6.45) is 2.47. The second kappa shape index (κ2) is 8.16. The Labute approximate surface area is 98.9 Å². The van der Waals surface area contributed by atoms with Crippen LogP contribution in [-0.4, -0.2) is 55.8 Å². The molecule has 1 aliphatic heterocycles. The van der Waals surface area contributed by atoms with Crippen LogP contribution in [0.2, 0.25) is 0 Å². The van der Waals surface area contributed by atoms with Gasteiger partial charge in [-0.05, 0) is 19.8 Å². The van der Waals surface area contributed by atoms with Crippen LogP contribution in [0, 0.1) is 0 Å². The van der Waals surface area contributed by atoms with E-state index in [1.54, 1.807) is 14.2 Å². The van der Waals surface area contributed by atoms with Crippen molar-refractivity contribution in [2.45, 2.75) is 32.0 Å². The highest BCUT2D eigenvalue weighted by atomic mass is 28.3. The van der Waals surface area contributed by atoms with Gasteiger partial charge in [-0.3, -0.25) is 0 Å². The molecule has 0 aromatic heterocycles. The molecule has 5 nitrogen and oxygen atoms in total. The molecule has 1 heterocycles. The fraction of sp³-hybridized carbons (Fsp3) is 1.00. The van der Waals surface area contributed by atoms with Crippen molar-refractivity contribution in [2.75, 3.05) is 34.0 Å². The number of epoxide rings is 1. The van der Waals surface area contributed by atoms with E-state index in [-0.39, 0.29) is 6.10 Å². The standard InChI is InChI=1S/C10H22O5Si/c1-9(15-16(11-2)12-3)5-4-6-13-7-10-8-14-10/h9-10,16H,4-8H2,1-3H3. The molecule has 1 aliphatic rings. The predicted molar refractivity (Wildman–Crippen MR) is 61.5 cm³/mol. The Morgan fingerprint density at radius 3 is 2.62 bits per heavy atom. The summed E-state index contributed by atoms with van der Waals surface area (Å²) >= 11 is 0. The zero-order chi connectivity index (χ0) is 11.8. The lowest BCUT2D eigenvalue weighted by Gasteiger charge is -2.17. The number of hydrogen-bond donors (Lipinski definition) is 0. The molecule has 96 valence electrons. The molecular weight excluding hydrogens is 228 g/mol. The van der Waals surface area contributed by atoms with Gasteiger partial charge in [0.25, 0.3) is 0 Å². The van der Waals surface area contributed by atoms with Crippen molar-refractivity contribution in [3.8, 4) is 0 Å². The second-order valence-electron chi connectivity index (χ2n) is 3.88. The smallest absolute Gasteiger partial charge is 0.379 e. The molecule has 0 amide bonds. The van der Waals surface area contributed by atoms with Gasteiger partial charge in [0.15, 0.2) is 0 Å². The average molecular weight is 250 g/mol. The fourth-order valence-electron chi connectivity index (χ4n) is 1.32. The molecule has 0 saturated carbocycles. The van der Waals surface area contributed by atoms with Gasteiger partial charge >= 0.3 is 9.53 Å². The van der Waals surface area contributed by atoms with Crippen LogP contribution in [0.15, 0.2) is 0 Å². The van der Waals surface area contributed by atoms with Crippen molar-refractivity contribution >= 4 is 9.53 Å². The summed E-state index contributed by atoms with van der Waals surface area (Å²) in [5, 5.41) is 0. The summed E-state index contributed by atoms with van der Waals surface area (Å²) in [5.41, 5.74) is 0. The van der Waals surface area contributed by atoms with E-state index in [1.807, 2.05) is 6.92 Å². The molecule has 2 unspecified atom stereocenters. The van der Waals surface area contributed by atoms with E-state index in [9.17, 15) is 0 Å². The van der Waals surface area contributed by atoms with Gasteiger partial charge in [0.05, 0.1) is 13.2 Å². The van der Waals surface area contributed by atoms with Crippen LogP contribution in [0.3, 0.4) is 0 Å². The first-order valence-electron chi connectivity index (χ1n) is 5.66. The third-order valence-electron chi connectivity index (χ3n) is 2.33. The summed E-state index contributed by atoms with van der Waals surface area (Å²) in [6.45, 7) is 4.37. The van der Waals surface area contributed by atoms with Gasteiger partial charge in [0.1, 0.15) is 6.10 Å². The van der Waals surface area contributed by atoms with Crippen molar-refractivity contribution in [1.29, 1.82) is 0 Å². The van der Waals surface area contributed by atoms with Crippen LogP contribution < -0.4 is 0 Å². The molecule has 0 bridgehead atoms. The topological polar surface area (TPSA) is 49.5 Å². The molecule has 0 N–H and O–H groups in total. The summed E-state index contributed by atoms with van der Waals surface area (Å²) in [4.78, 5) is 0. The van der Waals surface area contributed by atoms with Gasteiger partial charge in [-0.1, -0.05) is 0 Å². The number of rotatable bonds is 10. The molecule has 6 heteroatoms. The third kappa shape index (κ3) is 6.57. The van der Waals surface area contributed by atoms with Crippen molar-refractivity contribution in [3.05, 3.63) is 0 Å². The number of ether oxygens (including phenoxy) is 2. The Hall–Kier alpha value is 0.0169. The normalized spacial score (nSPS) is 21.4. The maximum Gasteiger partial charge on any atom is 0.483 e. The molecule has 1 saturated heterocycles. The molecule has 1 rings (SSSR count). The molecule has 0 spiro atoms. The zero-order valence-electron chi connectivity index (χ0n) is 10.3. The Kier molecular flexibility index (Phi) is 7.18. The SMILES string of the molecule is CO[SiH](OC)OC(C)CCCOCC1CO1. The van der Waals surface area contributed by atoms with Gasteiger partial charge in [0, 0.05) is 26.9 Å². The van der Waals surface area contributed by atoms with E-state index >= 15 is 0 Å². The summed E-state index contributed by atoms with van der Waals surface area (Å²) in [6, 6.07) is 0. The van der Waals surface area contributed by atoms with Crippen LogP contribution in [-0.2, 0) is 22.8 Å². The minimum absolute atomic E-state index is 0.164. The highest BCUT2D eigenvalue weighted by Crippen LogP contribution is 2.09. The van der Waals surface area contributed by atoms with E-state index in [0.717, 1.165) is 32.7 Å². The van der Waals surface area contributed by atoms with Crippen LogP contribution in [0.1, 0.15) is 19.8 Å². The molecule has 0 aromatic rings. The summed E-state index contributed by atoms with van der Waals surface area (Å²) in [5.74, 6) is 0. The maximum absolute atomic E-state index is 5.60. The zero-order valence-corrected chi connectivity index (χ0v) is 11.5. The molecule has 1 fully saturated rings. The maximum atomic E-state index is 5.60. The molecule has 2 atom stereocenters. The minimum Gasteiger partial charge on any atom is -0.379 e. The third-order valence-corrected chi connectivity index (χ3v) is 3.79. The highest BCUT2D eigenvalue weighted by molar-refractivity contribution is 6.36. The van der Waals surface area contributed by atoms with Gasteiger partial charge in [-0.2, -0.15) is 0 Å². The largest absolute Gasteiger partial charge is 0.483 e.